The lowest BCUT2D eigenvalue weighted by Crippen LogP contribution is -2.19. The van der Waals surface area contributed by atoms with Crippen molar-refractivity contribution in [2.24, 2.45) is 4.99 Å². The van der Waals surface area contributed by atoms with Gasteiger partial charge in [0, 0.05) is 23.9 Å². The van der Waals surface area contributed by atoms with Crippen LogP contribution in [0.2, 0.25) is 0 Å². The molecular formula is C15H14FN3O. The van der Waals surface area contributed by atoms with E-state index >= 15 is 0 Å². The number of amidine groups is 1. The molecular weight excluding hydrogens is 257 g/mol. The summed E-state index contributed by atoms with van der Waals surface area (Å²) in [5, 5.41) is 15.4. The maximum Gasteiger partial charge on any atom is 0.147 e. The Morgan fingerprint density at radius 3 is 2.80 bits per heavy atom. The molecule has 0 aliphatic carbocycles. The Hall–Kier alpha value is -2.56. The number of anilines is 2. The number of aliphatic imine (C=N–C) groups is 1. The van der Waals surface area contributed by atoms with Gasteiger partial charge in [-0.3, -0.25) is 4.99 Å². The molecule has 3 N–H and O–H groups in total. The molecule has 1 aliphatic rings. The zero-order valence-electron chi connectivity index (χ0n) is 10.7. The van der Waals surface area contributed by atoms with E-state index in [9.17, 15) is 9.50 Å². The lowest BCUT2D eigenvalue weighted by Gasteiger charge is -2.10. The summed E-state index contributed by atoms with van der Waals surface area (Å²) in [6.07, 6.45) is 0. The first-order valence-electron chi connectivity index (χ1n) is 6.37. The quantitative estimate of drug-likeness (QED) is 0.804. The number of nitrogens with zero attached hydrogens (tertiary/aromatic N) is 1. The van der Waals surface area contributed by atoms with Crippen LogP contribution < -0.4 is 10.6 Å². The molecule has 1 heterocycles. The highest BCUT2D eigenvalue weighted by Gasteiger charge is 2.11. The fourth-order valence-electron chi connectivity index (χ4n) is 2.09. The number of phenols is 1. The summed E-state index contributed by atoms with van der Waals surface area (Å²) in [6.45, 7) is 1.51. The second-order valence-corrected chi connectivity index (χ2v) is 4.53. The monoisotopic (exact) mass is 271 g/mol. The number of aromatic hydroxyl groups is 1. The molecule has 0 aromatic heterocycles. The predicted octanol–water partition coefficient (Wildman–Crippen LogP) is 2.62. The van der Waals surface area contributed by atoms with Crippen LogP contribution in [0.15, 0.2) is 47.5 Å². The van der Waals surface area contributed by atoms with Crippen LogP contribution in [0.5, 0.6) is 5.75 Å². The first-order chi connectivity index (χ1) is 9.72. The molecule has 0 fully saturated rings. The molecule has 2 aromatic rings. The number of hydrogen-bond acceptors (Lipinski definition) is 4. The molecule has 1 aliphatic heterocycles. The van der Waals surface area contributed by atoms with Crippen LogP contribution >= 0.6 is 0 Å². The highest BCUT2D eigenvalue weighted by Crippen LogP contribution is 2.23. The molecule has 3 rings (SSSR count). The third kappa shape index (κ3) is 2.56. The van der Waals surface area contributed by atoms with Gasteiger partial charge in [-0.1, -0.05) is 6.07 Å². The van der Waals surface area contributed by atoms with Crippen molar-refractivity contribution in [3.63, 3.8) is 0 Å². The largest absolute Gasteiger partial charge is 0.508 e. The van der Waals surface area contributed by atoms with Crippen molar-refractivity contribution in [2.75, 3.05) is 18.4 Å². The lowest BCUT2D eigenvalue weighted by atomic mass is 10.1. The van der Waals surface area contributed by atoms with E-state index in [-0.39, 0.29) is 11.6 Å². The Morgan fingerprint density at radius 1 is 1.20 bits per heavy atom. The predicted molar refractivity (Wildman–Crippen MR) is 77.2 cm³/mol. The Balaban J connectivity index is 1.84. The second-order valence-electron chi connectivity index (χ2n) is 4.53. The smallest absolute Gasteiger partial charge is 0.147 e. The van der Waals surface area contributed by atoms with E-state index in [0.717, 1.165) is 24.5 Å². The minimum atomic E-state index is -0.359. The summed E-state index contributed by atoms with van der Waals surface area (Å²) in [5.74, 6) is 0.506. The van der Waals surface area contributed by atoms with Crippen LogP contribution in [-0.2, 0) is 0 Å². The normalized spacial score (nSPS) is 13.8. The summed E-state index contributed by atoms with van der Waals surface area (Å²) in [4.78, 5) is 4.26. The third-order valence-electron chi connectivity index (χ3n) is 3.04. The number of phenolic OH excluding ortho intramolecular Hbond substituents is 1. The van der Waals surface area contributed by atoms with Crippen LogP contribution in [0.3, 0.4) is 0 Å². The van der Waals surface area contributed by atoms with Crippen molar-refractivity contribution in [1.29, 1.82) is 0 Å². The average Bonchev–Trinajstić information content (AvgIpc) is 2.95. The van der Waals surface area contributed by atoms with Gasteiger partial charge in [0.1, 0.15) is 17.4 Å². The van der Waals surface area contributed by atoms with E-state index in [1.165, 1.54) is 12.1 Å². The number of hydrogen-bond donors (Lipinski definition) is 3. The van der Waals surface area contributed by atoms with Crippen LogP contribution in [0.25, 0.3) is 0 Å². The summed E-state index contributed by atoms with van der Waals surface area (Å²) in [5.41, 5.74) is 1.73. The van der Waals surface area contributed by atoms with E-state index in [2.05, 4.69) is 15.6 Å². The zero-order chi connectivity index (χ0) is 13.9. The molecule has 4 nitrogen and oxygen atoms in total. The fraction of sp³-hybridized carbons (Fsp3) is 0.133. The third-order valence-corrected chi connectivity index (χ3v) is 3.04. The lowest BCUT2D eigenvalue weighted by molar-refractivity contribution is 0.475. The van der Waals surface area contributed by atoms with E-state index in [4.69, 9.17) is 0 Å². The van der Waals surface area contributed by atoms with Gasteiger partial charge in [0.05, 0.1) is 12.2 Å². The summed E-state index contributed by atoms with van der Waals surface area (Å²) in [7, 11) is 0. The second kappa shape index (κ2) is 5.21. The number of nitrogens with one attached hydrogen (secondary N) is 2. The van der Waals surface area contributed by atoms with E-state index < -0.39 is 0 Å². The fourth-order valence-corrected chi connectivity index (χ4v) is 2.09. The molecule has 0 unspecified atom stereocenters. The highest BCUT2D eigenvalue weighted by atomic mass is 19.1. The Kier molecular flexibility index (Phi) is 3.25. The van der Waals surface area contributed by atoms with Gasteiger partial charge in [0.2, 0.25) is 0 Å². The summed E-state index contributed by atoms with van der Waals surface area (Å²) < 4.78 is 14.1. The Labute approximate surface area is 116 Å². The van der Waals surface area contributed by atoms with Crippen molar-refractivity contribution < 1.29 is 9.50 Å². The molecule has 0 spiro atoms. The van der Waals surface area contributed by atoms with Crippen molar-refractivity contribution in [1.82, 2.24) is 5.32 Å². The first kappa shape index (κ1) is 12.5. The average molecular weight is 271 g/mol. The number of benzene rings is 2. The minimum absolute atomic E-state index is 0.136. The summed E-state index contributed by atoms with van der Waals surface area (Å²) >= 11 is 0. The van der Waals surface area contributed by atoms with E-state index in [1.54, 1.807) is 24.3 Å². The van der Waals surface area contributed by atoms with Gasteiger partial charge in [-0.15, -0.1) is 0 Å². The van der Waals surface area contributed by atoms with Gasteiger partial charge in [0.15, 0.2) is 0 Å². The van der Waals surface area contributed by atoms with Crippen LogP contribution in [0, 0.1) is 5.82 Å². The van der Waals surface area contributed by atoms with Crippen molar-refractivity contribution in [3.8, 4) is 5.75 Å². The first-order valence-corrected chi connectivity index (χ1v) is 6.37. The molecule has 20 heavy (non-hydrogen) atoms. The van der Waals surface area contributed by atoms with Gasteiger partial charge >= 0.3 is 0 Å². The molecule has 0 atom stereocenters. The van der Waals surface area contributed by atoms with Gasteiger partial charge < -0.3 is 15.7 Å². The van der Waals surface area contributed by atoms with Crippen LogP contribution in [0.1, 0.15) is 5.56 Å². The van der Waals surface area contributed by atoms with Crippen LogP contribution in [0.4, 0.5) is 15.8 Å². The van der Waals surface area contributed by atoms with Gasteiger partial charge in [0.25, 0.3) is 0 Å². The molecule has 0 bridgehead atoms. The molecule has 0 saturated heterocycles. The van der Waals surface area contributed by atoms with Crippen molar-refractivity contribution in [2.45, 2.75) is 0 Å². The maximum atomic E-state index is 14.1. The Bertz CT molecular complexity index is 670. The Morgan fingerprint density at radius 2 is 2.10 bits per heavy atom. The van der Waals surface area contributed by atoms with Gasteiger partial charge in [-0.2, -0.15) is 0 Å². The zero-order valence-corrected chi connectivity index (χ0v) is 10.7. The van der Waals surface area contributed by atoms with E-state index in [0.29, 0.717) is 11.4 Å². The topological polar surface area (TPSA) is 56.6 Å². The van der Waals surface area contributed by atoms with Gasteiger partial charge in [-0.25, -0.2) is 4.39 Å². The highest BCUT2D eigenvalue weighted by molar-refractivity contribution is 6.00. The molecule has 0 amide bonds. The minimum Gasteiger partial charge on any atom is -0.508 e. The van der Waals surface area contributed by atoms with Crippen molar-refractivity contribution in [3.05, 3.63) is 53.8 Å². The number of rotatable bonds is 3. The van der Waals surface area contributed by atoms with E-state index in [1.807, 2.05) is 6.07 Å². The standard InChI is InChI=1S/C15H14FN3O/c16-13-8-10(15-17-6-7-18-15)4-5-14(13)19-11-2-1-3-12(20)9-11/h1-5,8-9,19-20H,6-7H2,(H,17,18). The molecule has 0 saturated carbocycles. The van der Waals surface area contributed by atoms with Crippen LogP contribution in [-0.4, -0.2) is 24.0 Å². The van der Waals surface area contributed by atoms with Gasteiger partial charge in [-0.05, 0) is 30.3 Å². The molecule has 5 heteroatoms. The maximum absolute atomic E-state index is 14.1. The SMILES string of the molecule is Oc1cccc(Nc2ccc(C3=NCCN3)cc2F)c1. The van der Waals surface area contributed by atoms with Crippen molar-refractivity contribution >= 4 is 17.2 Å². The summed E-state index contributed by atoms with van der Waals surface area (Å²) in [6, 6.07) is 11.5. The number of halogens is 1. The molecule has 102 valence electrons. The molecule has 2 aromatic carbocycles. The molecule has 0 radical (unpaired) electrons.